The Labute approximate surface area is 235 Å². The van der Waals surface area contributed by atoms with Gasteiger partial charge in [0.05, 0.1) is 17.4 Å². The Morgan fingerprint density at radius 1 is 1.13 bits per heavy atom. The van der Waals surface area contributed by atoms with Crippen LogP contribution in [0.25, 0.3) is 0 Å². The van der Waals surface area contributed by atoms with Crippen LogP contribution >= 0.6 is 23.5 Å². The number of β-lactam (4-membered cyclic amide) rings is 1. The summed E-state index contributed by atoms with van der Waals surface area (Å²) in [6.07, 6.45) is -0.427. The zero-order valence-corrected chi connectivity index (χ0v) is 26.5. The van der Waals surface area contributed by atoms with Gasteiger partial charge >= 0.3 is 5.97 Å². The van der Waals surface area contributed by atoms with Crippen LogP contribution in [0.2, 0.25) is 18.1 Å². The molecule has 1 aromatic carbocycles. The molecule has 0 spiro atoms. The Hall–Kier alpha value is -1.82. The fourth-order valence-electron chi connectivity index (χ4n) is 3.47. The molecule has 0 saturated carbocycles. The Balaban J connectivity index is 2.56. The predicted molar refractivity (Wildman–Crippen MR) is 154 cm³/mol. The van der Waals surface area contributed by atoms with E-state index in [0.717, 1.165) is 0 Å². The number of rotatable bonds is 10. The van der Waals surface area contributed by atoms with Gasteiger partial charge in [0, 0.05) is 5.41 Å². The molecule has 2 rings (SSSR count). The van der Waals surface area contributed by atoms with Gasteiger partial charge in [-0.05, 0) is 66.8 Å². The number of aliphatic carboxylic acids is 1. The first-order chi connectivity index (χ1) is 17.3. The summed E-state index contributed by atoms with van der Waals surface area (Å²) in [7, 11) is -2.20. The van der Waals surface area contributed by atoms with Crippen molar-refractivity contribution < 1.29 is 33.0 Å². The summed E-state index contributed by atoms with van der Waals surface area (Å²) in [5, 5.41) is 9.13. The van der Waals surface area contributed by atoms with Crippen LogP contribution in [0.4, 0.5) is 4.39 Å². The Bertz CT molecular complexity index is 1080. The highest BCUT2D eigenvalue weighted by Crippen LogP contribution is 2.46. The number of thioether (sulfide) groups is 2. The van der Waals surface area contributed by atoms with Crippen LogP contribution in [0.3, 0.4) is 0 Å². The predicted octanol–water partition coefficient (Wildman–Crippen LogP) is 6.71. The largest absolute Gasteiger partial charge is 0.476 e. The van der Waals surface area contributed by atoms with Crippen molar-refractivity contribution >= 4 is 48.8 Å². The maximum absolute atomic E-state index is 13.6. The molecule has 0 unspecified atom stereocenters. The van der Waals surface area contributed by atoms with E-state index in [0.29, 0.717) is 17.5 Å². The number of ether oxygens (including phenoxy) is 1. The molecule has 0 aromatic heterocycles. The van der Waals surface area contributed by atoms with E-state index >= 15 is 0 Å². The van der Waals surface area contributed by atoms with Crippen molar-refractivity contribution in [1.29, 1.82) is 0 Å². The second kappa shape index (κ2) is 12.1. The van der Waals surface area contributed by atoms with Crippen LogP contribution in [-0.2, 0) is 18.8 Å². The molecule has 1 aliphatic rings. The van der Waals surface area contributed by atoms with Gasteiger partial charge in [0.2, 0.25) is 11.0 Å². The van der Waals surface area contributed by atoms with E-state index in [-0.39, 0.29) is 21.0 Å². The highest BCUT2D eigenvalue weighted by molar-refractivity contribution is 8.16. The van der Waals surface area contributed by atoms with Gasteiger partial charge in [0.1, 0.15) is 11.6 Å². The molecule has 7 nitrogen and oxygen atoms in total. The van der Waals surface area contributed by atoms with Crippen LogP contribution in [0.5, 0.6) is 5.75 Å². The molecule has 0 bridgehead atoms. The summed E-state index contributed by atoms with van der Waals surface area (Å²) in [6.45, 7) is 19.5. The smallest absolute Gasteiger partial charge is 0.357 e. The number of hydrogen-bond donors (Lipinski definition) is 1. The quantitative estimate of drug-likeness (QED) is 0.140. The van der Waals surface area contributed by atoms with E-state index < -0.39 is 54.5 Å². The van der Waals surface area contributed by atoms with Crippen molar-refractivity contribution in [2.75, 3.05) is 5.75 Å². The monoisotopic (exact) mass is 585 g/mol. The fraction of sp³-hybridized carbons (Fsp3) is 0.593. The van der Waals surface area contributed by atoms with Gasteiger partial charge in [-0.2, -0.15) is 0 Å². The normalized spacial score (nSPS) is 20.0. The number of nitrogens with zero attached hydrogens (tertiary/aromatic N) is 1. The minimum absolute atomic E-state index is 0.0621. The van der Waals surface area contributed by atoms with Crippen LogP contribution in [0.15, 0.2) is 35.1 Å². The maximum Gasteiger partial charge on any atom is 0.357 e. The lowest BCUT2D eigenvalue weighted by Crippen LogP contribution is -2.64. The summed E-state index contributed by atoms with van der Waals surface area (Å²) in [6, 6.07) is 5.02. The molecule has 212 valence electrons. The molecule has 38 heavy (non-hydrogen) atoms. The average Bonchev–Trinajstić information content (AvgIpc) is 2.76. The van der Waals surface area contributed by atoms with Gasteiger partial charge in [-0.25, -0.2) is 9.18 Å². The molecule has 1 amide bonds. The lowest BCUT2D eigenvalue weighted by Gasteiger charge is -2.50. The van der Waals surface area contributed by atoms with E-state index in [1.54, 1.807) is 20.8 Å². The number of carbonyl (C=O) groups is 3. The van der Waals surface area contributed by atoms with Crippen LogP contribution in [0.1, 0.15) is 55.4 Å². The first-order valence-electron chi connectivity index (χ1n) is 12.6. The number of carboxylic acid groups (broad SMARTS) is 1. The van der Waals surface area contributed by atoms with Gasteiger partial charge in [-0.3, -0.25) is 14.5 Å². The van der Waals surface area contributed by atoms with E-state index in [1.807, 2.05) is 13.8 Å². The van der Waals surface area contributed by atoms with Crippen molar-refractivity contribution in [3.8, 4) is 5.75 Å². The minimum atomic E-state index is -2.20. The summed E-state index contributed by atoms with van der Waals surface area (Å²) in [4.78, 5) is 40.4. The minimum Gasteiger partial charge on any atom is -0.476 e. The molecule has 1 fully saturated rings. The molecular formula is C27H40FNO6S2Si. The summed E-state index contributed by atoms with van der Waals surface area (Å²) < 4.78 is 25.8. The second-order valence-electron chi connectivity index (χ2n) is 11.8. The van der Waals surface area contributed by atoms with E-state index in [9.17, 15) is 23.9 Å². The molecule has 1 saturated heterocycles. The molecule has 11 heteroatoms. The summed E-state index contributed by atoms with van der Waals surface area (Å²) >= 11 is 2.07. The molecule has 1 aliphatic heterocycles. The first-order valence-corrected chi connectivity index (χ1v) is 17.3. The number of benzene rings is 1. The summed E-state index contributed by atoms with van der Waals surface area (Å²) in [5.41, 5.74) is -1.22. The van der Waals surface area contributed by atoms with Crippen LogP contribution < -0.4 is 4.74 Å². The van der Waals surface area contributed by atoms with E-state index in [1.165, 1.54) is 40.9 Å². The standard InChI is InChI=1S/C27H40FNO6S2Si/c1-11-36-22-19(16(2)35-38(9,10)27(6,7)8)21(30)29(22)20(23(31)32)24(37-25(33)26(3,4)5)34-18-14-12-17(28)13-15-18/h12-16,19,22H,11H2,1-10H3,(H,31,32)/t16-,19+,22-/m1/s1. The number of likely N-dealkylation sites (tertiary alicyclic amines) is 1. The van der Waals surface area contributed by atoms with E-state index in [2.05, 4.69) is 33.9 Å². The third-order valence-corrected chi connectivity index (χ3v) is 13.7. The zero-order chi connectivity index (χ0) is 29.2. The Kier molecular flexibility index (Phi) is 10.3. The van der Waals surface area contributed by atoms with Gasteiger partial charge in [0.25, 0.3) is 0 Å². The molecule has 0 radical (unpaired) electrons. The van der Waals surface area contributed by atoms with Crippen LogP contribution in [0, 0.1) is 17.2 Å². The fourth-order valence-corrected chi connectivity index (χ4v) is 7.04. The van der Waals surface area contributed by atoms with Crippen LogP contribution in [-0.4, -0.2) is 52.5 Å². The lowest BCUT2D eigenvalue weighted by molar-refractivity contribution is -0.157. The second-order valence-corrected chi connectivity index (χ2v) is 18.9. The third kappa shape index (κ3) is 7.43. The Morgan fingerprint density at radius 3 is 2.13 bits per heavy atom. The number of carbonyl (C=O) groups excluding carboxylic acids is 2. The highest BCUT2D eigenvalue weighted by Gasteiger charge is 2.55. The average molecular weight is 586 g/mol. The van der Waals surface area contributed by atoms with Gasteiger partial charge in [0.15, 0.2) is 19.1 Å². The van der Waals surface area contributed by atoms with Crippen molar-refractivity contribution in [3.05, 3.63) is 40.9 Å². The van der Waals surface area contributed by atoms with Gasteiger partial charge in [-0.15, -0.1) is 11.8 Å². The molecule has 0 aliphatic carbocycles. The number of hydrogen-bond acceptors (Lipinski definition) is 7. The maximum atomic E-state index is 13.6. The Morgan fingerprint density at radius 2 is 1.68 bits per heavy atom. The van der Waals surface area contributed by atoms with Crippen molar-refractivity contribution in [2.45, 2.75) is 85.0 Å². The summed E-state index contributed by atoms with van der Waals surface area (Å²) in [5.74, 6) is -2.07. The van der Waals surface area contributed by atoms with Gasteiger partial charge < -0.3 is 14.3 Å². The topological polar surface area (TPSA) is 93.1 Å². The molecule has 1 heterocycles. The SMILES string of the molecule is CCS[C@@H]1[C@@H]([C@@H](C)O[Si](C)(C)C(C)(C)C)C(=O)N1C(C(=O)O)=C(Oc1ccc(F)cc1)SC(=O)C(C)(C)C. The van der Waals surface area contributed by atoms with Crippen molar-refractivity contribution in [1.82, 2.24) is 4.90 Å². The number of carboxylic acids is 1. The molecule has 1 N–H and O–H groups in total. The molecular weight excluding hydrogens is 546 g/mol. The van der Waals surface area contributed by atoms with E-state index in [4.69, 9.17) is 9.16 Å². The molecule has 1 aromatic rings. The zero-order valence-electron chi connectivity index (χ0n) is 23.9. The molecule has 3 atom stereocenters. The number of halogens is 1. The van der Waals surface area contributed by atoms with Crippen molar-refractivity contribution in [3.63, 3.8) is 0 Å². The van der Waals surface area contributed by atoms with Crippen molar-refractivity contribution in [2.24, 2.45) is 11.3 Å². The lowest BCUT2D eigenvalue weighted by atomic mass is 9.92. The number of amides is 1. The first kappa shape index (κ1) is 32.4. The third-order valence-electron chi connectivity index (χ3n) is 6.67. The van der Waals surface area contributed by atoms with Gasteiger partial charge in [-0.1, -0.05) is 48.5 Å². The highest BCUT2D eigenvalue weighted by atomic mass is 32.2.